The Bertz CT molecular complexity index is 703. The average Bonchev–Trinajstić information content (AvgIpc) is 3.10. The first-order valence-electron chi connectivity index (χ1n) is 8.79. The molecule has 0 spiro atoms. The summed E-state index contributed by atoms with van der Waals surface area (Å²) >= 11 is 1.35. The van der Waals surface area contributed by atoms with Gasteiger partial charge in [-0.05, 0) is 36.6 Å². The lowest BCUT2D eigenvalue weighted by Gasteiger charge is -2.30. The molecule has 1 aliphatic heterocycles. The summed E-state index contributed by atoms with van der Waals surface area (Å²) < 4.78 is 5.81. The summed E-state index contributed by atoms with van der Waals surface area (Å²) in [6, 6.07) is 9.85. The fourth-order valence-electron chi connectivity index (χ4n) is 2.83. The van der Waals surface area contributed by atoms with Crippen molar-refractivity contribution < 1.29 is 9.21 Å². The normalized spacial score (nSPS) is 16.7. The third-order valence-corrected chi connectivity index (χ3v) is 5.34. The number of hydrogen-bond donors (Lipinski definition) is 0. The summed E-state index contributed by atoms with van der Waals surface area (Å²) in [4.78, 5) is 15.1. The molecule has 1 amide bonds. The van der Waals surface area contributed by atoms with Crippen LogP contribution in [0.3, 0.4) is 0 Å². The monoisotopic (exact) mass is 359 g/mol. The molecule has 6 heteroatoms. The molecule has 1 atom stereocenters. The minimum absolute atomic E-state index is 0.131. The second kappa shape index (κ2) is 7.60. The van der Waals surface area contributed by atoms with Crippen molar-refractivity contribution in [2.75, 3.05) is 13.1 Å². The van der Waals surface area contributed by atoms with Gasteiger partial charge in [-0.25, -0.2) is 0 Å². The van der Waals surface area contributed by atoms with Crippen LogP contribution in [0, 0.1) is 0 Å². The van der Waals surface area contributed by atoms with Crippen molar-refractivity contribution in [1.29, 1.82) is 0 Å². The quantitative estimate of drug-likeness (QED) is 0.765. The molecule has 2 aromatic rings. The zero-order valence-electron chi connectivity index (χ0n) is 15.1. The average molecular weight is 359 g/mol. The largest absolute Gasteiger partial charge is 0.415 e. The number of carbonyl (C=O) groups is 1. The maximum Gasteiger partial charge on any atom is 0.277 e. The van der Waals surface area contributed by atoms with Gasteiger partial charge in [0.05, 0.1) is 0 Å². The lowest BCUT2D eigenvalue weighted by atomic mass is 9.97. The number of rotatable bonds is 4. The molecule has 1 saturated heterocycles. The van der Waals surface area contributed by atoms with Crippen LogP contribution in [0.4, 0.5) is 0 Å². The molecular weight excluding hydrogens is 334 g/mol. The van der Waals surface area contributed by atoms with Crippen LogP contribution in [0.15, 0.2) is 40.0 Å². The zero-order chi connectivity index (χ0) is 17.9. The van der Waals surface area contributed by atoms with Crippen LogP contribution < -0.4 is 0 Å². The Kier molecular flexibility index (Phi) is 5.47. The highest BCUT2D eigenvalue weighted by Crippen LogP contribution is 2.37. The van der Waals surface area contributed by atoms with Gasteiger partial charge in [0.1, 0.15) is 5.25 Å². The highest BCUT2D eigenvalue weighted by Gasteiger charge is 2.30. The first-order valence-corrected chi connectivity index (χ1v) is 9.67. The molecule has 0 aliphatic carbocycles. The van der Waals surface area contributed by atoms with E-state index in [1.807, 2.05) is 56.0 Å². The fourth-order valence-corrected chi connectivity index (χ4v) is 3.79. The number of carbonyl (C=O) groups excluding carboxylic acids is 1. The summed E-state index contributed by atoms with van der Waals surface area (Å²) in [7, 11) is 0. The molecule has 2 heterocycles. The topological polar surface area (TPSA) is 59.2 Å². The summed E-state index contributed by atoms with van der Waals surface area (Å²) in [5.41, 5.74) is 0.767. The highest BCUT2D eigenvalue weighted by atomic mass is 32.2. The van der Waals surface area contributed by atoms with Gasteiger partial charge >= 0.3 is 0 Å². The molecule has 0 saturated carbocycles. The summed E-state index contributed by atoms with van der Waals surface area (Å²) in [5.74, 6) is 0.721. The molecule has 0 N–H and O–H groups in total. The van der Waals surface area contributed by atoms with Crippen LogP contribution in [0.5, 0.6) is 0 Å². The van der Waals surface area contributed by atoms with Gasteiger partial charge in [-0.2, -0.15) is 0 Å². The van der Waals surface area contributed by atoms with Crippen LogP contribution >= 0.6 is 11.8 Å². The molecule has 1 aromatic carbocycles. The number of likely N-dealkylation sites (tertiary alicyclic amines) is 1. The van der Waals surface area contributed by atoms with E-state index in [-0.39, 0.29) is 16.6 Å². The lowest BCUT2D eigenvalue weighted by molar-refractivity contribution is -0.131. The minimum atomic E-state index is -0.354. The summed E-state index contributed by atoms with van der Waals surface area (Å²) in [6.45, 7) is 7.76. The van der Waals surface area contributed by atoms with Crippen molar-refractivity contribution in [2.45, 2.75) is 55.9 Å². The van der Waals surface area contributed by atoms with Gasteiger partial charge in [0.25, 0.3) is 5.22 Å². The Labute approximate surface area is 153 Å². The van der Waals surface area contributed by atoms with E-state index in [1.165, 1.54) is 18.2 Å². The summed E-state index contributed by atoms with van der Waals surface area (Å²) in [6.07, 6.45) is 3.35. The molecular formula is C19H25N3O2S. The molecule has 1 aromatic heterocycles. The highest BCUT2D eigenvalue weighted by molar-refractivity contribution is 8.00. The zero-order valence-corrected chi connectivity index (χ0v) is 15.9. The van der Waals surface area contributed by atoms with E-state index in [4.69, 9.17) is 4.42 Å². The van der Waals surface area contributed by atoms with Gasteiger partial charge in [-0.15, -0.1) is 10.2 Å². The molecule has 0 radical (unpaired) electrons. The third kappa shape index (κ3) is 4.42. The van der Waals surface area contributed by atoms with Gasteiger partial charge in [-0.1, -0.05) is 51.1 Å². The number of benzene rings is 1. The van der Waals surface area contributed by atoms with Gasteiger partial charge in [0, 0.05) is 18.5 Å². The summed E-state index contributed by atoms with van der Waals surface area (Å²) in [5, 5.41) is 8.39. The second-order valence-corrected chi connectivity index (χ2v) is 8.47. The molecule has 1 fully saturated rings. The molecule has 5 nitrogen and oxygen atoms in total. The Morgan fingerprint density at radius 1 is 1.12 bits per heavy atom. The standard InChI is InChI=1S/C19H25N3O2S/c1-19(2,3)17-20-21-18(24-17)25-15(14-10-6-4-7-11-14)16(23)22-12-8-5-9-13-22/h4,6-7,10-11,15H,5,8-9,12-13H2,1-3H3/t15-/m1/s1. The minimum Gasteiger partial charge on any atom is -0.415 e. The van der Waals surface area contributed by atoms with Crippen molar-refractivity contribution in [3.63, 3.8) is 0 Å². The molecule has 25 heavy (non-hydrogen) atoms. The predicted molar refractivity (Wildman–Crippen MR) is 98.5 cm³/mol. The number of hydrogen-bond acceptors (Lipinski definition) is 5. The van der Waals surface area contributed by atoms with E-state index in [1.54, 1.807) is 0 Å². The van der Waals surface area contributed by atoms with Crippen LogP contribution in [-0.2, 0) is 10.2 Å². The molecule has 0 unspecified atom stereocenters. The van der Waals surface area contributed by atoms with Crippen molar-refractivity contribution in [3.05, 3.63) is 41.8 Å². The predicted octanol–water partition coefficient (Wildman–Crippen LogP) is 4.21. The number of nitrogens with zero attached hydrogens (tertiary/aromatic N) is 3. The maximum atomic E-state index is 13.1. The molecule has 1 aliphatic rings. The van der Waals surface area contributed by atoms with Gasteiger partial charge in [0.2, 0.25) is 11.8 Å². The first kappa shape index (κ1) is 18.0. The Morgan fingerprint density at radius 3 is 2.40 bits per heavy atom. The Hall–Kier alpha value is -1.82. The molecule has 3 rings (SSSR count). The Morgan fingerprint density at radius 2 is 1.80 bits per heavy atom. The van der Waals surface area contributed by atoms with E-state index >= 15 is 0 Å². The first-order chi connectivity index (χ1) is 11.9. The van der Waals surface area contributed by atoms with Crippen LogP contribution in [0.25, 0.3) is 0 Å². The maximum absolute atomic E-state index is 13.1. The van der Waals surface area contributed by atoms with Gasteiger partial charge in [-0.3, -0.25) is 4.79 Å². The molecule has 134 valence electrons. The molecule has 0 bridgehead atoms. The van der Waals surface area contributed by atoms with Crippen LogP contribution in [0.1, 0.15) is 56.7 Å². The van der Waals surface area contributed by atoms with Gasteiger partial charge in [0.15, 0.2) is 0 Å². The fraction of sp³-hybridized carbons (Fsp3) is 0.526. The van der Waals surface area contributed by atoms with E-state index < -0.39 is 0 Å². The number of amides is 1. The van der Waals surface area contributed by atoms with Gasteiger partial charge < -0.3 is 9.32 Å². The lowest BCUT2D eigenvalue weighted by Crippen LogP contribution is -2.38. The smallest absolute Gasteiger partial charge is 0.277 e. The van der Waals surface area contributed by atoms with Crippen molar-refractivity contribution in [1.82, 2.24) is 15.1 Å². The van der Waals surface area contributed by atoms with E-state index in [0.717, 1.165) is 31.5 Å². The van der Waals surface area contributed by atoms with Crippen LogP contribution in [0.2, 0.25) is 0 Å². The number of thioether (sulfide) groups is 1. The second-order valence-electron chi connectivity index (χ2n) is 7.42. The van der Waals surface area contributed by atoms with Crippen molar-refractivity contribution >= 4 is 17.7 Å². The van der Waals surface area contributed by atoms with E-state index in [9.17, 15) is 4.79 Å². The Balaban J connectivity index is 1.84. The van der Waals surface area contributed by atoms with E-state index in [0.29, 0.717) is 11.1 Å². The van der Waals surface area contributed by atoms with Crippen molar-refractivity contribution in [2.24, 2.45) is 0 Å². The third-order valence-electron chi connectivity index (χ3n) is 4.26. The van der Waals surface area contributed by atoms with E-state index in [2.05, 4.69) is 10.2 Å². The SMILES string of the molecule is CC(C)(C)c1nnc(S[C@@H](C(=O)N2CCCCC2)c2ccccc2)o1. The number of aromatic nitrogens is 2. The van der Waals surface area contributed by atoms with Crippen molar-refractivity contribution in [3.8, 4) is 0 Å². The number of piperidine rings is 1. The van der Waals surface area contributed by atoms with Crippen LogP contribution in [-0.4, -0.2) is 34.1 Å².